The molecule has 0 spiro atoms. The van der Waals surface area contributed by atoms with Crippen LogP contribution in [0.5, 0.6) is 0 Å². The Morgan fingerprint density at radius 2 is 0.784 bits per heavy atom. The van der Waals surface area contributed by atoms with Crippen LogP contribution >= 0.6 is 17.0 Å². The van der Waals surface area contributed by atoms with Crippen molar-refractivity contribution in [2.75, 3.05) is 0 Å². The number of fused-ring (bicyclic) bond motifs is 4. The van der Waals surface area contributed by atoms with Crippen LogP contribution in [0.4, 0.5) is 52.7 Å². The van der Waals surface area contributed by atoms with E-state index < -0.39 is 64.9 Å². The van der Waals surface area contributed by atoms with Gasteiger partial charge in [-0.2, -0.15) is 52.7 Å². The van der Waals surface area contributed by atoms with Crippen molar-refractivity contribution in [3.63, 3.8) is 0 Å². The van der Waals surface area contributed by atoms with Crippen LogP contribution in [0.25, 0.3) is 88.0 Å². The van der Waals surface area contributed by atoms with Crippen LogP contribution in [0.3, 0.4) is 0 Å². The molecule has 0 aliphatic carbocycles. The van der Waals surface area contributed by atoms with Gasteiger partial charge >= 0.3 is 78.2 Å². The Hall–Kier alpha value is -5.54. The Bertz CT molecular complexity index is 3400. The molecule has 0 bridgehead atoms. The maximum absolute atomic E-state index is 13.5. The minimum atomic E-state index is -4.92. The van der Waals surface area contributed by atoms with Crippen molar-refractivity contribution in [2.24, 2.45) is 0 Å². The summed E-state index contributed by atoms with van der Waals surface area (Å²) in [5, 5.41) is 6.07. The van der Waals surface area contributed by atoms with Crippen LogP contribution in [-0.2, 0) is 55.5 Å². The average molecular weight is 1160 g/mol. The van der Waals surface area contributed by atoms with E-state index in [0.29, 0.717) is 79.3 Å². The number of alkyl halides is 12. The standard InChI is InChI=1S/2C27H17F6O.C2H6Si.2ClH.Zr/c2*1-2-15-7-8-16-9-19(25-22-6-4-3-5-17(22)14-34-25)12-23(16)24(15)18-10-20(26(28,29)30)13-21(11-18)27(31,32)33;1-3-2;;;/h2*3-14H,2H2,1H3;1-2H3;2*1H;/q2*-1;;;;+2/p-2. The molecule has 0 fully saturated rings. The molecule has 0 saturated carbocycles. The van der Waals surface area contributed by atoms with Crippen molar-refractivity contribution in [1.82, 2.24) is 0 Å². The second-order valence-electron chi connectivity index (χ2n) is 17.6. The third kappa shape index (κ3) is 11.6. The minimum absolute atomic E-state index is 0.119. The van der Waals surface area contributed by atoms with E-state index >= 15 is 0 Å². The van der Waals surface area contributed by atoms with E-state index in [1.165, 1.54) is 0 Å². The number of hydrogen-bond acceptors (Lipinski definition) is 2. The third-order valence-corrected chi connectivity index (χ3v) is 32.1. The van der Waals surface area contributed by atoms with Crippen molar-refractivity contribution in [2.45, 2.75) is 64.5 Å². The molecule has 8 aromatic carbocycles. The van der Waals surface area contributed by atoms with Crippen LogP contribution < -0.4 is 0 Å². The number of benzene rings is 6. The van der Waals surface area contributed by atoms with Gasteiger partial charge in [0, 0.05) is 10.8 Å². The Labute approximate surface area is 431 Å². The molecule has 0 N–H and O–H groups in total. The van der Waals surface area contributed by atoms with Gasteiger partial charge in [-0.05, 0) is 82.3 Å². The Morgan fingerprint density at radius 1 is 0.459 bits per heavy atom. The van der Waals surface area contributed by atoms with Gasteiger partial charge in [-0.15, -0.1) is 57.9 Å². The SMILES string of the molecule is CCc1ccc2[cH-]c(-c3occ4ccccc34)cc2c1-c1cc(C(F)(F)F)cc(C(F)(F)F)c1.CCc1ccc2[cH-]c(-c3occ4ccccc34)cc2c1-c1cc(C(F)(F)F)cc(C(F)(F)F)c1.C[Si](C)=[Zr]([Cl])[Cl]. The Morgan fingerprint density at radius 3 is 1.08 bits per heavy atom. The van der Waals surface area contributed by atoms with Crippen LogP contribution in [0.2, 0.25) is 13.1 Å². The molecule has 384 valence electrons. The normalized spacial score (nSPS) is 12.3. The fourth-order valence-electron chi connectivity index (χ4n) is 8.82. The first-order valence-electron chi connectivity index (χ1n) is 22.7. The predicted octanol–water partition coefficient (Wildman–Crippen LogP) is 20.6. The fraction of sp³-hybridized carbons (Fsp3) is 0.179. The Kier molecular flexibility index (Phi) is 15.7. The molecule has 0 atom stereocenters. The van der Waals surface area contributed by atoms with Gasteiger partial charge < -0.3 is 8.83 Å². The van der Waals surface area contributed by atoms with Gasteiger partial charge in [0.2, 0.25) is 0 Å². The quantitative estimate of drug-likeness (QED) is 0.0942. The summed E-state index contributed by atoms with van der Waals surface area (Å²) in [5.41, 5.74) is -2.36. The summed E-state index contributed by atoms with van der Waals surface area (Å²) < 4.78 is 174. The molecule has 2 nitrogen and oxygen atoms in total. The van der Waals surface area contributed by atoms with E-state index in [4.69, 9.17) is 25.9 Å². The number of rotatable bonds is 6. The molecule has 0 amide bonds. The van der Waals surface area contributed by atoms with E-state index in [2.05, 4.69) is 13.1 Å². The fourth-order valence-corrected chi connectivity index (χ4v) is 8.82. The molecule has 2 aromatic heterocycles. The predicted molar refractivity (Wildman–Crippen MR) is 268 cm³/mol. The van der Waals surface area contributed by atoms with Crippen molar-refractivity contribution in [1.29, 1.82) is 0 Å². The van der Waals surface area contributed by atoms with E-state index in [9.17, 15) is 52.7 Å². The number of aryl methyl sites for hydroxylation is 2. The summed E-state index contributed by atoms with van der Waals surface area (Å²) in [7, 11) is 11.2. The monoisotopic (exact) mass is 1160 g/mol. The average Bonchev–Trinajstić information content (AvgIpc) is 4.17. The molecule has 10 aromatic rings. The van der Waals surface area contributed by atoms with Crippen LogP contribution in [0, 0.1) is 0 Å². The molecule has 0 saturated heterocycles. The molecule has 2 heterocycles. The summed E-state index contributed by atoms with van der Waals surface area (Å²) in [6.07, 6.45) is -15.6. The van der Waals surface area contributed by atoms with Gasteiger partial charge in [0.15, 0.2) is 0 Å². The van der Waals surface area contributed by atoms with Gasteiger partial charge in [0.05, 0.1) is 46.3 Å². The van der Waals surface area contributed by atoms with Gasteiger partial charge in [0.1, 0.15) is 0 Å². The topological polar surface area (TPSA) is 26.3 Å². The summed E-state index contributed by atoms with van der Waals surface area (Å²) >= 11 is -1.65. The first kappa shape index (κ1) is 54.7. The first-order valence-corrected chi connectivity index (χ1v) is 35.2. The molecule has 0 unspecified atom stereocenters. The Balaban J connectivity index is 0.000000178. The maximum atomic E-state index is 13.5. The molecule has 10 rings (SSSR count). The van der Waals surface area contributed by atoms with Crippen molar-refractivity contribution < 1.29 is 79.5 Å². The van der Waals surface area contributed by atoms with Crippen LogP contribution in [0.1, 0.15) is 47.2 Å². The molecule has 0 aliphatic rings. The summed E-state index contributed by atoms with van der Waals surface area (Å²) in [6, 6.07) is 32.9. The number of halogens is 14. The van der Waals surface area contributed by atoms with Crippen LogP contribution in [-0.4, -0.2) is 5.43 Å². The summed E-state index contributed by atoms with van der Waals surface area (Å²) in [5.74, 6) is 1.19. The van der Waals surface area contributed by atoms with Crippen molar-refractivity contribution >= 4 is 65.5 Å². The van der Waals surface area contributed by atoms with E-state index in [1.54, 1.807) is 36.8 Å². The van der Waals surface area contributed by atoms with Crippen LogP contribution in [0.15, 0.2) is 155 Å². The molecule has 0 aliphatic heterocycles. The molecule has 0 radical (unpaired) electrons. The molecular weight excluding hydrogens is 1120 g/mol. The second-order valence-corrected chi connectivity index (χ2v) is 40.5. The first-order chi connectivity index (χ1) is 34.8. The summed E-state index contributed by atoms with van der Waals surface area (Å²) in [4.78, 5) is 0. The zero-order chi connectivity index (χ0) is 53.7. The van der Waals surface area contributed by atoms with E-state index in [0.717, 1.165) is 45.8 Å². The van der Waals surface area contributed by atoms with Crippen molar-refractivity contribution in [3.05, 3.63) is 179 Å². The number of hydrogen-bond donors (Lipinski definition) is 0. The molecule has 74 heavy (non-hydrogen) atoms. The third-order valence-electron chi connectivity index (χ3n) is 12.4. The van der Waals surface area contributed by atoms with E-state index in [1.807, 2.05) is 86.6 Å². The zero-order valence-corrected chi connectivity index (χ0v) is 44.3. The van der Waals surface area contributed by atoms with Gasteiger partial charge in [-0.3, -0.25) is 0 Å². The van der Waals surface area contributed by atoms with Gasteiger partial charge in [-0.25, -0.2) is 0 Å². The van der Waals surface area contributed by atoms with Gasteiger partial charge in [-0.1, -0.05) is 96.8 Å². The molecule has 18 heteroatoms. The summed E-state index contributed by atoms with van der Waals surface area (Å²) in [6.45, 7) is 7.96. The molecular formula is C56H40Cl2F12O2SiZr-2. The zero-order valence-electron chi connectivity index (χ0n) is 39.4. The number of furan rings is 2. The van der Waals surface area contributed by atoms with Crippen molar-refractivity contribution in [3.8, 4) is 44.9 Å². The second kappa shape index (κ2) is 21.2. The van der Waals surface area contributed by atoms with E-state index in [-0.39, 0.29) is 28.7 Å². The van der Waals surface area contributed by atoms with Gasteiger partial charge in [0.25, 0.3) is 0 Å².